The summed E-state index contributed by atoms with van der Waals surface area (Å²) < 4.78 is 25.4. The van der Waals surface area contributed by atoms with E-state index in [0.717, 1.165) is 0 Å². The van der Waals surface area contributed by atoms with Crippen molar-refractivity contribution in [2.24, 2.45) is 0 Å². The number of carboxylic acids is 2. The minimum absolute atomic E-state index is 0.240. The lowest BCUT2D eigenvalue weighted by Gasteiger charge is -2.41. The fourth-order valence-corrected chi connectivity index (χ4v) is 25.1. The number of hydrogen-bond donors (Lipinski definition) is 2. The van der Waals surface area contributed by atoms with Gasteiger partial charge in [0.1, 0.15) is 0 Å². The predicted molar refractivity (Wildman–Crippen MR) is 132 cm³/mol. The average Bonchev–Trinajstić information content (AvgIpc) is 2.48. The molecule has 13 heteroatoms. The minimum Gasteiger partial charge on any atom is -0.478 e. The second-order valence-electron chi connectivity index (χ2n) is 9.40. The van der Waals surface area contributed by atoms with E-state index in [4.69, 9.17) is 16.5 Å². The molecule has 1 rings (SSSR count). The highest BCUT2D eigenvalue weighted by Crippen LogP contribution is 2.25. The van der Waals surface area contributed by atoms with Crippen LogP contribution >= 0.6 is 0 Å². The third-order valence-electron chi connectivity index (χ3n) is 4.11. The standard InChI is InChI=1S/C18H35O8Si5/c1-27(2)23-29(5,6)25-31(9,10)26-30(7,8)24-28(3,4)14-11-12-15(17(19)20)16(13-14)18(21)22/h11-13H,1-10H3,(H,19,20)(H,21,22). The summed E-state index contributed by atoms with van der Waals surface area (Å²) in [6.07, 6.45) is 0. The van der Waals surface area contributed by atoms with Crippen LogP contribution in [0.4, 0.5) is 0 Å². The van der Waals surface area contributed by atoms with Gasteiger partial charge in [-0.2, -0.15) is 0 Å². The molecule has 31 heavy (non-hydrogen) atoms. The molecular formula is C18H35O8Si5. The SMILES string of the molecule is C[Si](C)O[Si](C)(C)O[Si](C)(C)O[Si](C)(C)O[Si](C)(C)c1ccc(C(=O)O)c(C(=O)O)c1. The highest BCUT2D eigenvalue weighted by Gasteiger charge is 2.45. The molecule has 0 atom stereocenters. The van der Waals surface area contributed by atoms with E-state index in [1.54, 1.807) is 6.07 Å². The number of hydrogen-bond acceptors (Lipinski definition) is 6. The summed E-state index contributed by atoms with van der Waals surface area (Å²) in [7, 11) is -11.0. The van der Waals surface area contributed by atoms with Crippen LogP contribution in [0.3, 0.4) is 0 Å². The molecule has 0 aliphatic carbocycles. The fraction of sp³-hybridized carbons (Fsp3) is 0.556. The molecule has 0 saturated carbocycles. The Bertz CT molecular complexity index is 823. The normalized spacial score (nSPS) is 13.5. The molecule has 0 spiro atoms. The van der Waals surface area contributed by atoms with Crippen LogP contribution < -0.4 is 5.19 Å². The van der Waals surface area contributed by atoms with Crippen LogP contribution in [0.1, 0.15) is 20.7 Å². The fourth-order valence-electron chi connectivity index (χ4n) is 3.69. The highest BCUT2D eigenvalue weighted by molar-refractivity contribution is 6.93. The van der Waals surface area contributed by atoms with Gasteiger partial charge in [0, 0.05) is 0 Å². The van der Waals surface area contributed by atoms with Crippen molar-refractivity contribution in [3.63, 3.8) is 0 Å². The monoisotopic (exact) mass is 519 g/mol. The van der Waals surface area contributed by atoms with Crippen LogP contribution in [0.25, 0.3) is 0 Å². The Labute approximate surface area is 191 Å². The summed E-state index contributed by atoms with van der Waals surface area (Å²) in [5.74, 6) is -2.55. The zero-order valence-corrected chi connectivity index (χ0v) is 25.1. The van der Waals surface area contributed by atoms with Gasteiger partial charge in [0.05, 0.1) is 11.1 Å². The van der Waals surface area contributed by atoms with E-state index in [9.17, 15) is 19.8 Å². The topological polar surface area (TPSA) is 112 Å². The zero-order chi connectivity index (χ0) is 24.4. The quantitative estimate of drug-likeness (QED) is 0.423. The molecule has 0 fully saturated rings. The van der Waals surface area contributed by atoms with Crippen LogP contribution in [0, 0.1) is 0 Å². The first kappa shape index (κ1) is 28.1. The van der Waals surface area contributed by atoms with E-state index in [-0.39, 0.29) is 11.1 Å². The third kappa shape index (κ3) is 8.86. The Morgan fingerprint density at radius 1 is 0.742 bits per heavy atom. The second kappa shape index (κ2) is 9.92. The van der Waals surface area contributed by atoms with Crippen molar-refractivity contribution >= 4 is 60.2 Å². The first-order chi connectivity index (χ1) is 13.8. The lowest BCUT2D eigenvalue weighted by molar-refractivity contribution is 0.0651. The van der Waals surface area contributed by atoms with Crippen LogP contribution in [-0.2, 0) is 16.5 Å². The Morgan fingerprint density at radius 2 is 1.19 bits per heavy atom. The number of rotatable bonds is 11. The third-order valence-corrected chi connectivity index (χ3v) is 21.3. The van der Waals surface area contributed by atoms with Crippen LogP contribution in [-0.4, -0.2) is 65.2 Å². The molecule has 0 aromatic heterocycles. The van der Waals surface area contributed by atoms with E-state index in [0.29, 0.717) is 5.19 Å². The van der Waals surface area contributed by atoms with Gasteiger partial charge in [-0.05, 0) is 82.8 Å². The minimum atomic E-state index is -2.67. The van der Waals surface area contributed by atoms with E-state index in [1.165, 1.54) is 12.1 Å². The first-order valence-corrected chi connectivity index (χ1v) is 23.7. The molecule has 0 heterocycles. The summed E-state index contributed by atoms with van der Waals surface area (Å²) in [5.41, 5.74) is -0.482. The summed E-state index contributed by atoms with van der Waals surface area (Å²) in [6, 6.07) is 4.38. The molecule has 175 valence electrons. The number of carboxylic acid groups (broad SMARTS) is 2. The first-order valence-electron chi connectivity index (χ1n) is 9.98. The van der Waals surface area contributed by atoms with Crippen LogP contribution in [0.2, 0.25) is 65.5 Å². The van der Waals surface area contributed by atoms with Crippen molar-refractivity contribution in [1.82, 2.24) is 0 Å². The molecule has 2 N–H and O–H groups in total. The zero-order valence-electron chi connectivity index (χ0n) is 20.1. The Hall–Kier alpha value is -0.916. The summed E-state index contributed by atoms with van der Waals surface area (Å²) in [6.45, 7) is 20.0. The molecule has 0 bridgehead atoms. The van der Waals surface area contributed by atoms with Gasteiger partial charge in [0.15, 0.2) is 9.04 Å². The van der Waals surface area contributed by atoms with E-state index < -0.39 is 55.0 Å². The molecule has 0 saturated heterocycles. The van der Waals surface area contributed by atoms with Crippen LogP contribution in [0.15, 0.2) is 18.2 Å². The van der Waals surface area contributed by atoms with E-state index >= 15 is 0 Å². The van der Waals surface area contributed by atoms with Crippen molar-refractivity contribution in [3.8, 4) is 0 Å². The molecule has 0 aliphatic rings. The number of aromatic carboxylic acids is 2. The van der Waals surface area contributed by atoms with E-state index in [1.807, 2.05) is 52.4 Å². The van der Waals surface area contributed by atoms with Gasteiger partial charge in [0.2, 0.25) is 8.32 Å². The van der Waals surface area contributed by atoms with Crippen LogP contribution in [0.5, 0.6) is 0 Å². The molecular weight excluding hydrogens is 485 g/mol. The lowest BCUT2D eigenvalue weighted by atomic mass is 10.1. The van der Waals surface area contributed by atoms with E-state index in [2.05, 4.69) is 13.1 Å². The molecule has 1 aromatic rings. The smallest absolute Gasteiger partial charge is 0.336 e. The Balaban J connectivity index is 3.09. The highest BCUT2D eigenvalue weighted by atomic mass is 28.5. The molecule has 0 unspecified atom stereocenters. The van der Waals surface area contributed by atoms with Crippen molar-refractivity contribution in [1.29, 1.82) is 0 Å². The average molecular weight is 520 g/mol. The largest absolute Gasteiger partial charge is 0.478 e. The van der Waals surface area contributed by atoms with Gasteiger partial charge in [-0.1, -0.05) is 6.07 Å². The number of carbonyl (C=O) groups is 2. The van der Waals surface area contributed by atoms with Crippen molar-refractivity contribution in [2.45, 2.75) is 65.5 Å². The van der Waals surface area contributed by atoms with Gasteiger partial charge in [-0.25, -0.2) is 9.59 Å². The lowest BCUT2D eigenvalue weighted by Crippen LogP contribution is -2.59. The molecule has 8 nitrogen and oxygen atoms in total. The molecule has 0 aliphatic heterocycles. The summed E-state index contributed by atoms with van der Waals surface area (Å²) >= 11 is 0. The van der Waals surface area contributed by atoms with Crippen molar-refractivity contribution in [3.05, 3.63) is 29.3 Å². The van der Waals surface area contributed by atoms with Crippen molar-refractivity contribution < 1.29 is 36.3 Å². The molecule has 1 radical (unpaired) electrons. The van der Waals surface area contributed by atoms with Gasteiger partial charge < -0.3 is 26.7 Å². The summed E-state index contributed by atoms with van der Waals surface area (Å²) in [4.78, 5) is 22.9. The predicted octanol–water partition coefficient (Wildman–Crippen LogP) is 3.92. The summed E-state index contributed by atoms with van der Waals surface area (Å²) in [5, 5.41) is 19.4. The van der Waals surface area contributed by atoms with Crippen molar-refractivity contribution in [2.75, 3.05) is 0 Å². The van der Waals surface area contributed by atoms with Gasteiger partial charge >= 0.3 is 37.6 Å². The maximum Gasteiger partial charge on any atom is 0.336 e. The molecule has 1 aromatic carbocycles. The maximum atomic E-state index is 11.6. The van der Waals surface area contributed by atoms with Gasteiger partial charge in [-0.3, -0.25) is 0 Å². The Morgan fingerprint density at radius 3 is 1.65 bits per heavy atom. The number of benzene rings is 1. The van der Waals surface area contributed by atoms with Gasteiger partial charge in [-0.15, -0.1) is 0 Å². The second-order valence-corrected chi connectivity index (χ2v) is 26.5. The van der Waals surface area contributed by atoms with Gasteiger partial charge in [0.25, 0.3) is 0 Å². The molecule has 0 amide bonds. The Kier molecular flexibility index (Phi) is 9.00. The maximum absolute atomic E-state index is 11.6.